The van der Waals surface area contributed by atoms with Gasteiger partial charge < -0.3 is 15.1 Å². The SMILES string of the molecule is O=C(CN1CCN(C2CC2)C1=O)NC1CC1. The molecule has 0 spiro atoms. The van der Waals surface area contributed by atoms with Crippen LogP contribution in [0, 0.1) is 0 Å². The van der Waals surface area contributed by atoms with E-state index in [-0.39, 0.29) is 18.5 Å². The van der Waals surface area contributed by atoms with E-state index in [9.17, 15) is 9.59 Å². The van der Waals surface area contributed by atoms with E-state index in [1.54, 1.807) is 4.90 Å². The Morgan fingerprint density at radius 1 is 1.25 bits per heavy atom. The van der Waals surface area contributed by atoms with Gasteiger partial charge in [0.05, 0.1) is 0 Å². The van der Waals surface area contributed by atoms with Crippen LogP contribution in [0.15, 0.2) is 0 Å². The molecule has 2 aliphatic carbocycles. The first-order valence-corrected chi connectivity index (χ1v) is 6.09. The minimum absolute atomic E-state index is 0.00602. The van der Waals surface area contributed by atoms with Crippen molar-refractivity contribution in [2.24, 2.45) is 0 Å². The topological polar surface area (TPSA) is 52.7 Å². The molecule has 0 bridgehead atoms. The zero-order chi connectivity index (χ0) is 11.1. The van der Waals surface area contributed by atoms with Crippen LogP contribution in [-0.4, -0.2) is 53.5 Å². The summed E-state index contributed by atoms with van der Waals surface area (Å²) in [4.78, 5) is 27.0. The maximum Gasteiger partial charge on any atom is 0.320 e. The highest BCUT2D eigenvalue weighted by Crippen LogP contribution is 2.29. The number of carbonyl (C=O) groups is 2. The highest BCUT2D eigenvalue weighted by Gasteiger charge is 2.39. The molecule has 3 aliphatic rings. The van der Waals surface area contributed by atoms with Gasteiger partial charge in [0.15, 0.2) is 0 Å². The van der Waals surface area contributed by atoms with E-state index in [2.05, 4.69) is 5.32 Å². The normalized spacial score (nSPS) is 25.1. The Kier molecular flexibility index (Phi) is 2.26. The molecule has 16 heavy (non-hydrogen) atoms. The summed E-state index contributed by atoms with van der Waals surface area (Å²) >= 11 is 0. The predicted octanol–water partition coefficient (Wildman–Crippen LogP) is 0.165. The van der Waals surface area contributed by atoms with Crippen molar-refractivity contribution in [3.63, 3.8) is 0 Å². The van der Waals surface area contributed by atoms with Gasteiger partial charge in [-0.2, -0.15) is 0 Å². The van der Waals surface area contributed by atoms with Crippen molar-refractivity contribution in [2.75, 3.05) is 19.6 Å². The average Bonchev–Trinajstić information content (AvgIpc) is 3.11. The molecule has 88 valence electrons. The van der Waals surface area contributed by atoms with Gasteiger partial charge in [0.25, 0.3) is 0 Å². The molecule has 0 unspecified atom stereocenters. The summed E-state index contributed by atoms with van der Waals surface area (Å²) in [7, 11) is 0. The number of hydrogen-bond donors (Lipinski definition) is 1. The van der Waals surface area contributed by atoms with Gasteiger partial charge in [-0.3, -0.25) is 4.79 Å². The zero-order valence-corrected chi connectivity index (χ0v) is 9.32. The first-order valence-electron chi connectivity index (χ1n) is 6.09. The minimum Gasteiger partial charge on any atom is -0.352 e. The molecule has 2 saturated carbocycles. The number of hydrogen-bond acceptors (Lipinski definition) is 2. The summed E-state index contributed by atoms with van der Waals surface area (Å²) in [5, 5.41) is 2.91. The van der Waals surface area contributed by atoms with Crippen molar-refractivity contribution in [3.05, 3.63) is 0 Å². The summed E-state index contributed by atoms with van der Waals surface area (Å²) in [5.74, 6) is -0.00602. The van der Waals surface area contributed by atoms with E-state index in [1.807, 2.05) is 4.90 Å². The van der Waals surface area contributed by atoms with Crippen molar-refractivity contribution >= 4 is 11.9 Å². The lowest BCUT2D eigenvalue weighted by atomic mass is 10.5. The molecule has 3 amide bonds. The van der Waals surface area contributed by atoms with Crippen LogP contribution in [0.3, 0.4) is 0 Å². The molecule has 0 aromatic rings. The van der Waals surface area contributed by atoms with Crippen LogP contribution >= 0.6 is 0 Å². The Morgan fingerprint density at radius 2 is 2.00 bits per heavy atom. The summed E-state index contributed by atoms with van der Waals surface area (Å²) in [6, 6.07) is 0.891. The molecule has 0 aromatic heterocycles. The lowest BCUT2D eigenvalue weighted by molar-refractivity contribution is -0.121. The number of urea groups is 1. The number of nitrogens with zero attached hydrogens (tertiary/aromatic N) is 2. The fraction of sp³-hybridized carbons (Fsp3) is 0.818. The summed E-state index contributed by atoms with van der Waals surface area (Å²) in [6.07, 6.45) is 4.45. The fourth-order valence-corrected chi connectivity index (χ4v) is 2.15. The first kappa shape index (κ1) is 9.93. The Balaban J connectivity index is 1.50. The maximum atomic E-state index is 11.9. The minimum atomic E-state index is -0.00602. The van der Waals surface area contributed by atoms with Crippen LogP contribution in [-0.2, 0) is 4.79 Å². The summed E-state index contributed by atoms with van der Waals surface area (Å²) in [6.45, 7) is 1.73. The molecule has 3 rings (SSSR count). The van der Waals surface area contributed by atoms with E-state index < -0.39 is 0 Å². The molecular formula is C11H17N3O2. The van der Waals surface area contributed by atoms with Gasteiger partial charge in [-0.15, -0.1) is 0 Å². The second-order valence-corrected chi connectivity index (χ2v) is 4.97. The number of amides is 3. The third kappa shape index (κ3) is 1.99. The lowest BCUT2D eigenvalue weighted by Crippen LogP contribution is -2.40. The maximum absolute atomic E-state index is 11.9. The van der Waals surface area contributed by atoms with Crippen molar-refractivity contribution in [1.29, 1.82) is 0 Å². The van der Waals surface area contributed by atoms with Crippen LogP contribution in [0.1, 0.15) is 25.7 Å². The van der Waals surface area contributed by atoms with Gasteiger partial charge in [-0.05, 0) is 25.7 Å². The molecule has 0 atom stereocenters. The summed E-state index contributed by atoms with van der Waals surface area (Å²) < 4.78 is 0. The molecule has 1 saturated heterocycles. The van der Waals surface area contributed by atoms with Gasteiger partial charge in [-0.1, -0.05) is 0 Å². The van der Waals surface area contributed by atoms with E-state index in [4.69, 9.17) is 0 Å². The smallest absolute Gasteiger partial charge is 0.320 e. The van der Waals surface area contributed by atoms with Gasteiger partial charge >= 0.3 is 6.03 Å². The van der Waals surface area contributed by atoms with Crippen LogP contribution in [0.25, 0.3) is 0 Å². The zero-order valence-electron chi connectivity index (χ0n) is 9.32. The molecule has 0 radical (unpaired) electrons. The monoisotopic (exact) mass is 223 g/mol. The van der Waals surface area contributed by atoms with Crippen molar-refractivity contribution < 1.29 is 9.59 Å². The third-order valence-electron chi connectivity index (χ3n) is 3.39. The summed E-state index contributed by atoms with van der Waals surface area (Å²) in [5.41, 5.74) is 0. The quantitative estimate of drug-likeness (QED) is 0.738. The van der Waals surface area contributed by atoms with Crippen LogP contribution < -0.4 is 5.32 Å². The molecular weight excluding hydrogens is 206 g/mol. The second-order valence-electron chi connectivity index (χ2n) is 4.97. The second kappa shape index (κ2) is 3.64. The Bertz CT molecular complexity index is 323. The molecule has 1 aliphatic heterocycles. The average molecular weight is 223 g/mol. The van der Waals surface area contributed by atoms with E-state index in [0.717, 1.165) is 32.2 Å². The van der Waals surface area contributed by atoms with Crippen molar-refractivity contribution in [2.45, 2.75) is 37.8 Å². The Labute approximate surface area is 94.8 Å². The molecule has 1 heterocycles. The standard InChI is InChI=1S/C11H17N3O2/c15-10(12-8-1-2-8)7-13-5-6-14(11(13)16)9-3-4-9/h8-9H,1-7H2,(H,12,15). The first-order chi connectivity index (χ1) is 7.74. The van der Waals surface area contributed by atoms with Gasteiger partial charge in [0.1, 0.15) is 6.54 Å². The Morgan fingerprint density at radius 3 is 2.62 bits per heavy atom. The number of nitrogens with one attached hydrogen (secondary N) is 1. The van der Waals surface area contributed by atoms with Gasteiger partial charge in [0.2, 0.25) is 5.91 Å². The van der Waals surface area contributed by atoms with Gasteiger partial charge in [0, 0.05) is 25.2 Å². The highest BCUT2D eigenvalue weighted by atomic mass is 16.2. The lowest BCUT2D eigenvalue weighted by Gasteiger charge is -2.17. The molecule has 5 nitrogen and oxygen atoms in total. The molecule has 1 N–H and O–H groups in total. The van der Waals surface area contributed by atoms with Crippen molar-refractivity contribution in [3.8, 4) is 0 Å². The fourth-order valence-electron chi connectivity index (χ4n) is 2.15. The van der Waals surface area contributed by atoms with Crippen molar-refractivity contribution in [1.82, 2.24) is 15.1 Å². The predicted molar refractivity (Wildman–Crippen MR) is 57.9 cm³/mol. The van der Waals surface area contributed by atoms with Crippen LogP contribution in [0.2, 0.25) is 0 Å². The van der Waals surface area contributed by atoms with Crippen LogP contribution in [0.5, 0.6) is 0 Å². The van der Waals surface area contributed by atoms with E-state index in [0.29, 0.717) is 18.6 Å². The molecule has 0 aromatic carbocycles. The van der Waals surface area contributed by atoms with E-state index in [1.165, 1.54) is 0 Å². The third-order valence-corrected chi connectivity index (χ3v) is 3.39. The largest absolute Gasteiger partial charge is 0.352 e. The Hall–Kier alpha value is -1.26. The molecule has 3 fully saturated rings. The van der Waals surface area contributed by atoms with Gasteiger partial charge in [-0.25, -0.2) is 4.79 Å². The number of rotatable bonds is 4. The molecule has 5 heteroatoms. The van der Waals surface area contributed by atoms with Crippen LogP contribution in [0.4, 0.5) is 4.79 Å². The van der Waals surface area contributed by atoms with E-state index >= 15 is 0 Å². The highest BCUT2D eigenvalue weighted by molar-refractivity contribution is 5.85. The number of carbonyl (C=O) groups excluding carboxylic acids is 2.